The lowest BCUT2D eigenvalue weighted by atomic mass is 9.99. The van der Waals surface area contributed by atoms with Gasteiger partial charge in [-0.05, 0) is 43.4 Å². The molecule has 6 nitrogen and oxygen atoms in total. The Bertz CT molecular complexity index is 892. The fraction of sp³-hybridized carbons (Fsp3) is 0.556. The van der Waals surface area contributed by atoms with Gasteiger partial charge in [-0.2, -0.15) is 0 Å². The van der Waals surface area contributed by atoms with Gasteiger partial charge < -0.3 is 5.32 Å². The van der Waals surface area contributed by atoms with E-state index in [9.17, 15) is 13.2 Å². The lowest BCUT2D eigenvalue weighted by molar-refractivity contribution is -0.120. The molecule has 1 fully saturated rings. The Morgan fingerprint density at radius 2 is 2.23 bits per heavy atom. The smallest absolute Gasteiger partial charge is 0.230 e. The lowest BCUT2D eigenvalue weighted by Crippen LogP contribution is -2.43. The van der Waals surface area contributed by atoms with Crippen LogP contribution in [0.1, 0.15) is 38.2 Å². The minimum Gasteiger partial charge on any atom is -0.302 e. The van der Waals surface area contributed by atoms with Crippen molar-refractivity contribution in [3.8, 4) is 0 Å². The highest BCUT2D eigenvalue weighted by Crippen LogP contribution is 2.28. The molecule has 1 aliphatic rings. The molecule has 0 radical (unpaired) electrons. The number of carbonyl (C=O) groups excluding carboxylic acids is 1. The predicted octanol–water partition coefficient (Wildman–Crippen LogP) is 3.25. The second-order valence-corrected chi connectivity index (χ2v) is 9.89. The summed E-state index contributed by atoms with van der Waals surface area (Å²) >= 11 is 1.47. The van der Waals surface area contributed by atoms with Crippen LogP contribution in [0.3, 0.4) is 0 Å². The quantitative estimate of drug-likeness (QED) is 0.814. The number of piperidine rings is 1. The number of rotatable bonds is 6. The third-order valence-electron chi connectivity index (χ3n) is 4.73. The first kappa shape index (κ1) is 19.3. The number of unbranched alkanes of at least 4 members (excludes halogenated alkanes) is 1. The standard InChI is InChI=1S/C18H25N3O3S2/c1-3-4-6-13-8-9-15-16(11-13)25-18(19-15)20-17(22)14-7-5-10-21(12-14)26(2,23)24/h8-9,11,14H,3-7,10,12H2,1-2H3,(H,19,20,22). The topological polar surface area (TPSA) is 79.4 Å². The molecule has 0 saturated carbocycles. The molecule has 1 amide bonds. The average molecular weight is 396 g/mol. The normalized spacial score (nSPS) is 18.9. The van der Waals surface area contributed by atoms with Gasteiger partial charge in [0.15, 0.2) is 5.13 Å². The average Bonchev–Trinajstić information content (AvgIpc) is 3.00. The van der Waals surface area contributed by atoms with Crippen LogP contribution in [0.25, 0.3) is 10.2 Å². The third kappa shape index (κ3) is 4.61. The summed E-state index contributed by atoms with van der Waals surface area (Å²) in [7, 11) is -3.26. The van der Waals surface area contributed by atoms with Crippen LogP contribution in [0.5, 0.6) is 0 Å². The summed E-state index contributed by atoms with van der Waals surface area (Å²) in [5.74, 6) is -0.478. The Kier molecular flexibility index (Phi) is 5.94. The van der Waals surface area contributed by atoms with Crippen LogP contribution in [-0.4, -0.2) is 43.0 Å². The summed E-state index contributed by atoms with van der Waals surface area (Å²) in [6.07, 6.45) is 5.96. The van der Waals surface area contributed by atoms with Crippen molar-refractivity contribution < 1.29 is 13.2 Å². The Hall–Kier alpha value is -1.51. The van der Waals surface area contributed by atoms with Crippen molar-refractivity contribution in [2.24, 2.45) is 5.92 Å². The fourth-order valence-electron chi connectivity index (χ4n) is 3.22. The summed E-state index contributed by atoms with van der Waals surface area (Å²) in [5, 5.41) is 3.46. The molecule has 0 spiro atoms. The van der Waals surface area contributed by atoms with E-state index in [0.29, 0.717) is 24.5 Å². The van der Waals surface area contributed by atoms with Gasteiger partial charge in [-0.1, -0.05) is 30.7 Å². The van der Waals surface area contributed by atoms with Crippen molar-refractivity contribution in [2.45, 2.75) is 39.0 Å². The highest BCUT2D eigenvalue weighted by Gasteiger charge is 2.30. The molecule has 2 aromatic rings. The van der Waals surface area contributed by atoms with Gasteiger partial charge in [-0.15, -0.1) is 0 Å². The van der Waals surface area contributed by atoms with Crippen LogP contribution in [0.2, 0.25) is 0 Å². The molecule has 8 heteroatoms. The van der Waals surface area contributed by atoms with Crippen LogP contribution >= 0.6 is 11.3 Å². The van der Waals surface area contributed by atoms with Crippen molar-refractivity contribution in [1.82, 2.24) is 9.29 Å². The Balaban J connectivity index is 1.69. The molecule has 1 aliphatic heterocycles. The molecular weight excluding hydrogens is 370 g/mol. The van der Waals surface area contributed by atoms with E-state index in [1.54, 1.807) is 0 Å². The largest absolute Gasteiger partial charge is 0.302 e. The molecule has 3 rings (SSSR count). The summed E-state index contributed by atoms with van der Waals surface area (Å²) in [5.41, 5.74) is 2.17. The summed E-state index contributed by atoms with van der Waals surface area (Å²) in [6.45, 7) is 2.91. The molecular formula is C18H25N3O3S2. The number of aromatic nitrogens is 1. The number of amides is 1. The zero-order valence-corrected chi connectivity index (χ0v) is 16.8. The maximum absolute atomic E-state index is 12.6. The van der Waals surface area contributed by atoms with E-state index in [-0.39, 0.29) is 18.4 Å². The first-order valence-electron chi connectivity index (χ1n) is 9.02. The van der Waals surface area contributed by atoms with Gasteiger partial charge in [0.2, 0.25) is 15.9 Å². The van der Waals surface area contributed by atoms with E-state index < -0.39 is 10.0 Å². The van der Waals surface area contributed by atoms with Crippen LogP contribution in [-0.2, 0) is 21.2 Å². The Morgan fingerprint density at radius 3 is 2.96 bits per heavy atom. The molecule has 1 saturated heterocycles. The number of anilines is 1. The summed E-state index contributed by atoms with van der Waals surface area (Å²) in [4.78, 5) is 17.1. The number of carbonyl (C=O) groups is 1. The number of hydrogen-bond acceptors (Lipinski definition) is 5. The SMILES string of the molecule is CCCCc1ccc2nc(NC(=O)C3CCCN(S(C)(=O)=O)C3)sc2c1. The predicted molar refractivity (Wildman–Crippen MR) is 106 cm³/mol. The minimum absolute atomic E-state index is 0.149. The maximum Gasteiger partial charge on any atom is 0.230 e. The molecule has 0 aliphatic carbocycles. The van der Waals surface area contributed by atoms with Gasteiger partial charge in [0.05, 0.1) is 22.4 Å². The molecule has 1 unspecified atom stereocenters. The van der Waals surface area contributed by atoms with Crippen molar-refractivity contribution in [3.05, 3.63) is 23.8 Å². The van der Waals surface area contributed by atoms with Gasteiger partial charge in [0, 0.05) is 13.1 Å². The number of nitrogens with zero attached hydrogens (tertiary/aromatic N) is 2. The number of nitrogens with one attached hydrogen (secondary N) is 1. The molecule has 1 aromatic heterocycles. The Labute approximate surface area is 158 Å². The van der Waals surface area contributed by atoms with Gasteiger partial charge in [0.1, 0.15) is 0 Å². The zero-order chi connectivity index (χ0) is 18.7. The van der Waals surface area contributed by atoms with Crippen molar-refractivity contribution in [2.75, 3.05) is 24.7 Å². The Morgan fingerprint density at radius 1 is 1.42 bits per heavy atom. The van der Waals surface area contributed by atoms with E-state index in [2.05, 4.69) is 29.4 Å². The fourth-order valence-corrected chi connectivity index (χ4v) is 5.07. The molecule has 1 aromatic carbocycles. The van der Waals surface area contributed by atoms with Crippen molar-refractivity contribution >= 4 is 42.6 Å². The first-order chi connectivity index (χ1) is 12.4. The highest BCUT2D eigenvalue weighted by molar-refractivity contribution is 7.88. The van der Waals surface area contributed by atoms with Crippen LogP contribution < -0.4 is 5.32 Å². The van der Waals surface area contributed by atoms with Crippen molar-refractivity contribution in [3.63, 3.8) is 0 Å². The first-order valence-corrected chi connectivity index (χ1v) is 11.7. The molecule has 1 atom stereocenters. The van der Waals surface area contributed by atoms with E-state index in [1.165, 1.54) is 27.5 Å². The molecule has 142 valence electrons. The maximum atomic E-state index is 12.6. The molecule has 1 N–H and O–H groups in total. The molecule has 0 bridgehead atoms. The summed E-state index contributed by atoms with van der Waals surface area (Å²) < 4.78 is 25.9. The van der Waals surface area contributed by atoms with Crippen LogP contribution in [0.15, 0.2) is 18.2 Å². The third-order valence-corrected chi connectivity index (χ3v) is 6.93. The van der Waals surface area contributed by atoms with E-state index in [1.807, 2.05) is 6.07 Å². The zero-order valence-electron chi connectivity index (χ0n) is 15.2. The lowest BCUT2D eigenvalue weighted by Gasteiger charge is -2.29. The van der Waals surface area contributed by atoms with Crippen LogP contribution in [0, 0.1) is 5.92 Å². The second kappa shape index (κ2) is 8.02. The van der Waals surface area contributed by atoms with E-state index >= 15 is 0 Å². The van der Waals surface area contributed by atoms with Gasteiger partial charge >= 0.3 is 0 Å². The number of thiazole rings is 1. The molecule has 26 heavy (non-hydrogen) atoms. The van der Waals surface area contributed by atoms with E-state index in [4.69, 9.17) is 0 Å². The monoisotopic (exact) mass is 395 g/mol. The van der Waals surface area contributed by atoms with Gasteiger partial charge in [-0.25, -0.2) is 17.7 Å². The number of aryl methyl sites for hydroxylation is 1. The minimum atomic E-state index is -3.26. The van der Waals surface area contributed by atoms with Gasteiger partial charge in [0.25, 0.3) is 0 Å². The number of sulfonamides is 1. The summed E-state index contributed by atoms with van der Waals surface area (Å²) in [6, 6.07) is 6.23. The number of benzene rings is 1. The van der Waals surface area contributed by atoms with Crippen LogP contribution in [0.4, 0.5) is 5.13 Å². The van der Waals surface area contributed by atoms with E-state index in [0.717, 1.165) is 29.5 Å². The number of fused-ring (bicyclic) bond motifs is 1. The number of hydrogen-bond donors (Lipinski definition) is 1. The second-order valence-electron chi connectivity index (χ2n) is 6.87. The highest BCUT2D eigenvalue weighted by atomic mass is 32.2. The molecule has 2 heterocycles. The van der Waals surface area contributed by atoms with Crippen molar-refractivity contribution in [1.29, 1.82) is 0 Å². The van der Waals surface area contributed by atoms with Gasteiger partial charge in [-0.3, -0.25) is 4.79 Å².